The van der Waals surface area contributed by atoms with Crippen molar-refractivity contribution in [3.05, 3.63) is 0 Å². The number of aliphatic carboxylic acids is 1. The van der Waals surface area contributed by atoms with Gasteiger partial charge in [0.2, 0.25) is 0 Å². The number of hydrogen-bond donors (Lipinski definition) is 2. The number of ether oxygens (including phenoxy) is 2. The molecule has 128 valence electrons. The SMILES string of the molecule is CC(C)COC(C)OC(=O)[C@H]1C2C[C@H](F)[C@@](N)(C(=O)O)[C@@H]21.Cl. The summed E-state index contributed by atoms with van der Waals surface area (Å²) in [7, 11) is 0. The standard InChI is InChI=1S/C14H22FNO5.ClH/c1-6(2)5-20-7(3)21-12(17)10-8-4-9(15)14(16,11(8)10)13(18)19;/h6-11H,4-5,16H2,1-3H3,(H,18,19);1H/t7?,8?,9-,10-,11-,14-;/m0./s1. The molecule has 0 aromatic rings. The maximum atomic E-state index is 13.7. The Morgan fingerprint density at radius 2 is 2.00 bits per heavy atom. The Kier molecular flexibility index (Phi) is 5.81. The van der Waals surface area contributed by atoms with Crippen molar-refractivity contribution >= 4 is 24.3 Å². The molecule has 2 aliphatic rings. The molecule has 0 radical (unpaired) electrons. The maximum absolute atomic E-state index is 13.7. The molecular formula is C14H23ClFNO5. The topological polar surface area (TPSA) is 98.9 Å². The van der Waals surface area contributed by atoms with E-state index < -0.39 is 41.8 Å². The third kappa shape index (κ3) is 3.21. The van der Waals surface area contributed by atoms with Crippen LogP contribution in [0.15, 0.2) is 0 Å². The zero-order valence-electron chi connectivity index (χ0n) is 12.8. The summed E-state index contributed by atoms with van der Waals surface area (Å²) >= 11 is 0. The smallest absolute Gasteiger partial charge is 0.327 e. The van der Waals surface area contributed by atoms with Crippen LogP contribution >= 0.6 is 12.4 Å². The second-order valence-corrected chi connectivity index (χ2v) is 6.39. The zero-order valence-corrected chi connectivity index (χ0v) is 13.6. The molecule has 2 aliphatic carbocycles. The lowest BCUT2D eigenvalue weighted by molar-refractivity contribution is -0.179. The summed E-state index contributed by atoms with van der Waals surface area (Å²) in [6.07, 6.45) is -2.34. The number of carbonyl (C=O) groups is 2. The molecule has 2 fully saturated rings. The molecule has 0 saturated heterocycles. The van der Waals surface area contributed by atoms with Crippen LogP contribution in [0.25, 0.3) is 0 Å². The van der Waals surface area contributed by atoms with E-state index in [1.807, 2.05) is 13.8 Å². The molecule has 2 rings (SSSR count). The van der Waals surface area contributed by atoms with Gasteiger partial charge < -0.3 is 20.3 Å². The molecule has 2 saturated carbocycles. The molecule has 0 aliphatic heterocycles. The van der Waals surface area contributed by atoms with Crippen LogP contribution in [0.5, 0.6) is 0 Å². The van der Waals surface area contributed by atoms with Crippen LogP contribution in [0.3, 0.4) is 0 Å². The van der Waals surface area contributed by atoms with Gasteiger partial charge in [-0.05, 0) is 25.2 Å². The molecule has 0 aromatic carbocycles. The number of alkyl halides is 1. The fourth-order valence-corrected chi connectivity index (χ4v) is 3.16. The van der Waals surface area contributed by atoms with Gasteiger partial charge in [0, 0.05) is 5.92 Å². The Hall–Kier alpha value is -0.920. The first-order chi connectivity index (χ1) is 9.69. The average molecular weight is 340 g/mol. The van der Waals surface area contributed by atoms with Gasteiger partial charge in [-0.15, -0.1) is 12.4 Å². The predicted molar refractivity (Wildman–Crippen MR) is 78.1 cm³/mol. The van der Waals surface area contributed by atoms with Crippen LogP contribution in [0.2, 0.25) is 0 Å². The van der Waals surface area contributed by atoms with Crippen molar-refractivity contribution in [3.63, 3.8) is 0 Å². The van der Waals surface area contributed by atoms with Gasteiger partial charge in [0.05, 0.1) is 12.5 Å². The van der Waals surface area contributed by atoms with Crippen molar-refractivity contribution in [2.75, 3.05) is 6.61 Å². The van der Waals surface area contributed by atoms with Crippen molar-refractivity contribution in [1.82, 2.24) is 0 Å². The Bertz CT molecular complexity index is 449. The molecular weight excluding hydrogens is 317 g/mol. The molecule has 0 heterocycles. The molecule has 8 heteroatoms. The fraction of sp³-hybridized carbons (Fsp3) is 0.857. The lowest BCUT2D eigenvalue weighted by Gasteiger charge is -2.25. The van der Waals surface area contributed by atoms with Gasteiger partial charge in [-0.25, -0.2) is 4.39 Å². The first-order valence-electron chi connectivity index (χ1n) is 7.18. The van der Waals surface area contributed by atoms with E-state index in [4.69, 9.17) is 20.3 Å². The van der Waals surface area contributed by atoms with E-state index in [1.54, 1.807) is 6.92 Å². The van der Waals surface area contributed by atoms with Gasteiger partial charge in [-0.1, -0.05) is 13.8 Å². The quantitative estimate of drug-likeness (QED) is 0.560. The monoisotopic (exact) mass is 339 g/mol. The normalized spacial score (nSPS) is 37.2. The van der Waals surface area contributed by atoms with E-state index in [1.165, 1.54) is 0 Å². The van der Waals surface area contributed by atoms with Crippen molar-refractivity contribution in [2.45, 2.75) is 45.2 Å². The number of rotatable bonds is 6. The van der Waals surface area contributed by atoms with Crippen LogP contribution < -0.4 is 5.73 Å². The van der Waals surface area contributed by atoms with E-state index in [2.05, 4.69) is 0 Å². The van der Waals surface area contributed by atoms with Crippen LogP contribution in [0.4, 0.5) is 4.39 Å². The highest BCUT2D eigenvalue weighted by molar-refractivity contribution is 5.86. The van der Waals surface area contributed by atoms with Crippen molar-refractivity contribution in [3.8, 4) is 0 Å². The van der Waals surface area contributed by atoms with E-state index in [0.717, 1.165) is 0 Å². The van der Waals surface area contributed by atoms with Gasteiger partial charge >= 0.3 is 11.9 Å². The zero-order chi connectivity index (χ0) is 15.9. The van der Waals surface area contributed by atoms with Gasteiger partial charge in [-0.2, -0.15) is 0 Å². The molecule has 0 spiro atoms. The maximum Gasteiger partial charge on any atom is 0.327 e. The number of nitrogens with two attached hydrogens (primary N) is 1. The van der Waals surface area contributed by atoms with Gasteiger partial charge in [0.15, 0.2) is 6.29 Å². The lowest BCUT2D eigenvalue weighted by Crippen LogP contribution is -2.56. The number of carbonyl (C=O) groups excluding carboxylic acids is 1. The van der Waals surface area contributed by atoms with Crippen molar-refractivity contribution < 1.29 is 28.6 Å². The number of carboxylic acids is 1. The first kappa shape index (κ1) is 19.1. The van der Waals surface area contributed by atoms with Crippen LogP contribution in [0, 0.1) is 23.7 Å². The van der Waals surface area contributed by atoms with Gasteiger partial charge in [0.25, 0.3) is 0 Å². The molecule has 0 bridgehead atoms. The Morgan fingerprint density at radius 1 is 1.41 bits per heavy atom. The van der Waals surface area contributed by atoms with E-state index in [9.17, 15) is 14.0 Å². The van der Waals surface area contributed by atoms with Crippen molar-refractivity contribution in [1.29, 1.82) is 0 Å². The predicted octanol–water partition coefficient (Wildman–Crippen LogP) is 1.36. The summed E-state index contributed by atoms with van der Waals surface area (Å²) in [4.78, 5) is 23.2. The van der Waals surface area contributed by atoms with Crippen molar-refractivity contribution in [2.24, 2.45) is 29.4 Å². The summed E-state index contributed by atoms with van der Waals surface area (Å²) in [5.41, 5.74) is 3.70. The molecule has 6 atom stereocenters. The van der Waals surface area contributed by atoms with Gasteiger partial charge in [0.1, 0.15) is 11.7 Å². The third-order valence-electron chi connectivity index (χ3n) is 4.31. The summed E-state index contributed by atoms with van der Waals surface area (Å²) < 4.78 is 24.2. The molecule has 0 aromatic heterocycles. The summed E-state index contributed by atoms with van der Waals surface area (Å²) in [5, 5.41) is 9.12. The molecule has 6 nitrogen and oxygen atoms in total. The third-order valence-corrected chi connectivity index (χ3v) is 4.31. The number of fused-ring (bicyclic) bond motifs is 1. The number of esters is 1. The Morgan fingerprint density at radius 3 is 2.50 bits per heavy atom. The fourth-order valence-electron chi connectivity index (χ4n) is 3.16. The highest BCUT2D eigenvalue weighted by Gasteiger charge is 2.74. The lowest BCUT2D eigenvalue weighted by atomic mass is 9.90. The second kappa shape index (κ2) is 6.68. The highest BCUT2D eigenvalue weighted by Crippen LogP contribution is 2.62. The minimum atomic E-state index is -1.98. The number of hydrogen-bond acceptors (Lipinski definition) is 5. The largest absolute Gasteiger partial charge is 0.480 e. The molecule has 0 amide bonds. The summed E-state index contributed by atoms with van der Waals surface area (Å²) in [5.74, 6) is -3.31. The highest BCUT2D eigenvalue weighted by atomic mass is 35.5. The van der Waals surface area contributed by atoms with E-state index in [-0.39, 0.29) is 24.7 Å². The Labute approximate surface area is 134 Å². The van der Waals surface area contributed by atoms with Crippen LogP contribution in [-0.4, -0.2) is 41.7 Å². The Balaban J connectivity index is 0.00000242. The minimum absolute atomic E-state index is 0. The van der Waals surface area contributed by atoms with E-state index in [0.29, 0.717) is 12.5 Å². The minimum Gasteiger partial charge on any atom is -0.480 e. The molecule has 22 heavy (non-hydrogen) atoms. The summed E-state index contributed by atoms with van der Waals surface area (Å²) in [6.45, 7) is 5.99. The van der Waals surface area contributed by atoms with Crippen LogP contribution in [-0.2, 0) is 19.1 Å². The van der Waals surface area contributed by atoms with E-state index >= 15 is 0 Å². The van der Waals surface area contributed by atoms with Crippen LogP contribution in [0.1, 0.15) is 27.2 Å². The second-order valence-electron chi connectivity index (χ2n) is 6.39. The summed E-state index contributed by atoms with van der Waals surface area (Å²) in [6, 6.07) is 0. The molecule has 2 unspecified atom stereocenters. The molecule has 3 N–H and O–H groups in total. The van der Waals surface area contributed by atoms with Gasteiger partial charge in [-0.3, -0.25) is 9.59 Å². The average Bonchev–Trinajstić information content (AvgIpc) is 3.02. The number of carboxylic acid groups (broad SMARTS) is 1. The number of halogens is 2. The first-order valence-corrected chi connectivity index (χ1v) is 7.18.